The van der Waals surface area contributed by atoms with Crippen molar-refractivity contribution in [2.24, 2.45) is 17.4 Å². The van der Waals surface area contributed by atoms with Gasteiger partial charge in [0.05, 0.1) is 150 Å². The summed E-state index contributed by atoms with van der Waals surface area (Å²) in [5, 5.41) is 2.14. The molecule has 0 bridgehead atoms. The van der Waals surface area contributed by atoms with Gasteiger partial charge in [-0.25, -0.2) is 0 Å². The topological polar surface area (TPSA) is 318 Å². The molecule has 5 amide bonds. The van der Waals surface area contributed by atoms with Gasteiger partial charge >= 0.3 is 0 Å². The smallest absolute Gasteiger partial charge is 0.242 e. The van der Waals surface area contributed by atoms with Crippen molar-refractivity contribution in [1.29, 1.82) is 0 Å². The van der Waals surface area contributed by atoms with Gasteiger partial charge in [0.25, 0.3) is 0 Å². The lowest BCUT2D eigenvalue weighted by atomic mass is 10.0. The molecule has 1 aliphatic heterocycles. The van der Waals surface area contributed by atoms with Crippen LogP contribution in [0.2, 0.25) is 0 Å². The molecular weight excluding hydrogens is 1210 g/mol. The van der Waals surface area contributed by atoms with Crippen LogP contribution in [0.15, 0.2) is 0 Å². The Morgan fingerprint density at radius 1 is 0.478 bits per heavy atom. The van der Waals surface area contributed by atoms with Crippen molar-refractivity contribution in [3.63, 3.8) is 0 Å². The maximum absolute atomic E-state index is 12.8. The van der Waals surface area contributed by atoms with Crippen LogP contribution in [0.1, 0.15) is 168 Å². The molecule has 0 spiro atoms. The fourth-order valence-corrected chi connectivity index (χ4v) is 10.2. The number of Topliss-reactive ketones (excluding diaryl/α,β-unsaturated/α-hetero) is 3. The first-order chi connectivity index (χ1) is 44.7. The Labute approximate surface area is 555 Å². The number of primary amides is 2. The van der Waals surface area contributed by atoms with Crippen molar-refractivity contribution in [2.75, 3.05) is 192 Å². The van der Waals surface area contributed by atoms with Gasteiger partial charge in [-0.2, -0.15) is 0 Å². The lowest BCUT2D eigenvalue weighted by Crippen LogP contribution is -2.44. The lowest BCUT2D eigenvalue weighted by molar-refractivity contribution is -0.138. The highest BCUT2D eigenvalue weighted by molar-refractivity contribution is 8.00. The molecule has 0 aromatic heterocycles. The first kappa shape index (κ1) is 88.4. The van der Waals surface area contributed by atoms with E-state index in [1.54, 1.807) is 7.11 Å². The van der Waals surface area contributed by atoms with Crippen LogP contribution in [0.5, 0.6) is 0 Å². The molecule has 1 saturated heterocycles. The molecule has 3 atom stereocenters. The molecular formula is C66H123N5O20S. The van der Waals surface area contributed by atoms with E-state index < -0.39 is 29.0 Å². The number of nitrogens with two attached hydrogens (primary N) is 2. The van der Waals surface area contributed by atoms with Crippen LogP contribution in [0.3, 0.4) is 0 Å². The summed E-state index contributed by atoms with van der Waals surface area (Å²) >= 11 is 1.17. The Bertz CT molecular complexity index is 1840. The predicted octanol–water partition coefficient (Wildman–Crippen LogP) is 6.02. The van der Waals surface area contributed by atoms with Gasteiger partial charge in [-0.3, -0.25) is 43.3 Å². The number of hydrogen-bond acceptors (Lipinski definition) is 22. The molecule has 0 saturated carbocycles. The zero-order chi connectivity index (χ0) is 67.8. The maximum Gasteiger partial charge on any atom is 0.242 e. The summed E-state index contributed by atoms with van der Waals surface area (Å²) < 4.78 is 64.5. The molecule has 92 heavy (non-hydrogen) atoms. The van der Waals surface area contributed by atoms with Crippen molar-refractivity contribution in [2.45, 2.75) is 179 Å². The van der Waals surface area contributed by atoms with Crippen molar-refractivity contribution in [1.82, 2.24) is 15.1 Å². The van der Waals surface area contributed by atoms with E-state index in [2.05, 4.69) is 19.2 Å². The molecule has 1 aliphatic rings. The first-order valence-corrected chi connectivity index (χ1v) is 35.1. The minimum absolute atomic E-state index is 0.000155. The van der Waals surface area contributed by atoms with Crippen molar-refractivity contribution in [3.05, 3.63) is 0 Å². The highest BCUT2D eigenvalue weighted by Gasteiger charge is 2.39. The van der Waals surface area contributed by atoms with E-state index in [1.807, 2.05) is 19.0 Å². The van der Waals surface area contributed by atoms with E-state index in [1.165, 1.54) is 50.3 Å². The second-order valence-electron chi connectivity index (χ2n) is 22.8. The summed E-state index contributed by atoms with van der Waals surface area (Å²) in [5.74, 6) is -2.38. The van der Waals surface area contributed by atoms with Crippen LogP contribution in [-0.4, -0.2) is 260 Å². The second kappa shape index (κ2) is 66.0. The molecule has 26 heteroatoms. The number of nitrogens with zero attached hydrogens (tertiary/aromatic N) is 2. The molecule has 0 aliphatic carbocycles. The third-order valence-electron chi connectivity index (χ3n) is 14.3. The van der Waals surface area contributed by atoms with Gasteiger partial charge in [0.1, 0.15) is 23.4 Å². The zero-order valence-corrected chi connectivity index (χ0v) is 58.0. The number of likely N-dealkylation sites (tertiary alicyclic amines) is 1. The first-order valence-electron chi connectivity index (χ1n) is 34.0. The number of amides is 5. The monoisotopic (exact) mass is 1340 g/mol. The van der Waals surface area contributed by atoms with E-state index in [0.29, 0.717) is 190 Å². The number of imide groups is 1. The Hall–Kier alpha value is -3.61. The Balaban J connectivity index is 0.00000182. The van der Waals surface area contributed by atoms with E-state index in [0.717, 1.165) is 63.0 Å². The van der Waals surface area contributed by atoms with E-state index in [4.69, 9.17) is 68.3 Å². The number of nitrogens with one attached hydrogen (secondary N) is 1. The second-order valence-corrected chi connectivity index (χ2v) is 24.0. The molecule has 538 valence electrons. The van der Waals surface area contributed by atoms with Crippen molar-refractivity contribution >= 4 is 58.6 Å². The molecule has 0 radical (unpaired) electrons. The summed E-state index contributed by atoms with van der Waals surface area (Å²) in [5.41, 5.74) is 11.0. The molecule has 1 fully saturated rings. The van der Waals surface area contributed by atoms with Crippen LogP contribution in [0.25, 0.3) is 0 Å². The van der Waals surface area contributed by atoms with Crippen molar-refractivity contribution < 1.29 is 95.2 Å². The molecule has 25 nitrogen and oxygen atoms in total. The highest BCUT2D eigenvalue weighted by atomic mass is 32.2. The van der Waals surface area contributed by atoms with Crippen LogP contribution < -0.4 is 16.8 Å². The number of hydrogen-bond donors (Lipinski definition) is 3. The summed E-state index contributed by atoms with van der Waals surface area (Å²) in [6, 6.07) is -0.640. The van der Waals surface area contributed by atoms with Gasteiger partial charge in [0.2, 0.25) is 29.5 Å². The minimum Gasteiger partial charge on any atom is -0.382 e. The Kier molecular flexibility index (Phi) is 63.4. The molecule has 1 rings (SSSR count). The third-order valence-corrected chi connectivity index (χ3v) is 15.7. The van der Waals surface area contributed by atoms with Gasteiger partial charge in [-0.1, -0.05) is 78.1 Å². The molecule has 0 aromatic rings. The number of unbranched alkanes of at least 4 members (excludes halogenated alkanes) is 10. The number of rotatable bonds is 70. The lowest BCUT2D eigenvalue weighted by Gasteiger charge is -2.16. The van der Waals surface area contributed by atoms with E-state index in [-0.39, 0.29) is 73.1 Å². The normalized spacial score (nSPS) is 13.8. The molecule has 0 aromatic carbocycles. The van der Waals surface area contributed by atoms with Crippen LogP contribution in [0, 0.1) is 5.92 Å². The summed E-state index contributed by atoms with van der Waals surface area (Å²) in [7, 11) is 5.47. The number of thioether (sulfide) groups is 1. The largest absolute Gasteiger partial charge is 0.382 e. The Morgan fingerprint density at radius 3 is 1.38 bits per heavy atom. The standard InChI is InChI=1S/C33H59N3O12S.C33H64N2O8/c1-35(2)9-4-6-29(38)24-27(32(34)40)26-49-30-25-31(39)36(33(30)41)10-8-28(37)7-5-11-43-14-15-45-18-19-47-22-23-48-21-20-46-17-16-44-13-12-42-3;1-3-5-6-7-8-9-10-11-15-18-32(37)35-31(33(34)38)17-14-12-13-16-30(36)19-21-40-23-25-42-27-29-43-28-26-41-24-22-39-20-4-2/h27,30H,4-26H2,1-3H3,(H2,34,40);31H,3-29H2,1-2H3,(H2,34,38)(H,35,37)/t27-,30?;/m0./s1. The van der Waals surface area contributed by atoms with E-state index >= 15 is 0 Å². The third kappa shape index (κ3) is 57.8. The van der Waals surface area contributed by atoms with Gasteiger partial charge in [0, 0.05) is 84.0 Å². The quantitative estimate of drug-likeness (QED) is 0.0463. The number of ketones is 3. The van der Waals surface area contributed by atoms with Crippen LogP contribution in [0.4, 0.5) is 0 Å². The molecule has 1 heterocycles. The van der Waals surface area contributed by atoms with Gasteiger partial charge in [-0.15, -0.1) is 11.8 Å². The maximum atomic E-state index is 12.8. The number of carbonyl (C=O) groups excluding carboxylic acids is 8. The minimum atomic E-state index is -0.700. The zero-order valence-electron chi connectivity index (χ0n) is 57.2. The number of ether oxygens (including phenoxy) is 12. The average Bonchev–Trinajstić information content (AvgIpc) is 1.73. The molecule has 2 unspecified atom stereocenters. The van der Waals surface area contributed by atoms with Crippen LogP contribution in [-0.2, 0) is 95.2 Å². The van der Waals surface area contributed by atoms with Crippen LogP contribution >= 0.6 is 11.8 Å². The van der Waals surface area contributed by atoms with Gasteiger partial charge in [-0.05, 0) is 59.2 Å². The van der Waals surface area contributed by atoms with Gasteiger partial charge in [0.15, 0.2) is 0 Å². The number of carbonyl (C=O) groups is 8. The average molecular weight is 1340 g/mol. The predicted molar refractivity (Wildman–Crippen MR) is 353 cm³/mol. The Morgan fingerprint density at radius 2 is 0.902 bits per heavy atom. The SMILES string of the molecule is CCCCCCCCCCCC(=O)NC(CCCCCC(=O)CCOCCOCCOCCOCCOCCC)C(N)=O.COCCOCCOCCOCCOCCOCCOCCCC(=O)CCN1C(=O)CC(SC[C@H](CC(=O)CCCN(C)C)C(N)=O)C1=O. The fourth-order valence-electron chi connectivity index (χ4n) is 8.97. The van der Waals surface area contributed by atoms with Crippen molar-refractivity contribution in [3.8, 4) is 0 Å². The van der Waals surface area contributed by atoms with E-state index in [9.17, 15) is 38.4 Å². The summed E-state index contributed by atoms with van der Waals surface area (Å²) in [6.45, 7) is 16.6. The highest BCUT2D eigenvalue weighted by Crippen LogP contribution is 2.28. The summed E-state index contributed by atoms with van der Waals surface area (Å²) in [6.07, 6.45) is 17.8. The summed E-state index contributed by atoms with van der Waals surface area (Å²) in [4.78, 5) is 101. The fraction of sp³-hybridized carbons (Fsp3) is 0.879. The number of methoxy groups -OCH3 is 1. The molecule has 5 N–H and O–H groups in total. The van der Waals surface area contributed by atoms with Gasteiger partial charge < -0.3 is 78.5 Å².